The monoisotopic (exact) mass is 432 g/mol. The van der Waals surface area contributed by atoms with Crippen LogP contribution in [-0.4, -0.2) is 30.9 Å². The molecule has 33 heavy (non-hydrogen) atoms. The van der Waals surface area contributed by atoms with Gasteiger partial charge >= 0.3 is 0 Å². The fourth-order valence-electron chi connectivity index (χ4n) is 3.60. The Bertz CT molecular complexity index is 1350. The minimum absolute atomic E-state index is 0.0320. The van der Waals surface area contributed by atoms with Crippen LogP contribution in [-0.2, 0) is 11.3 Å². The second kappa shape index (κ2) is 9.23. The number of amides is 1. The van der Waals surface area contributed by atoms with Gasteiger partial charge in [0.1, 0.15) is 12.2 Å². The zero-order chi connectivity index (χ0) is 22.5. The van der Waals surface area contributed by atoms with Crippen molar-refractivity contribution in [3.63, 3.8) is 0 Å². The molecule has 0 fully saturated rings. The molecule has 0 saturated carbocycles. The maximum absolute atomic E-state index is 12.8. The van der Waals surface area contributed by atoms with Crippen LogP contribution in [0.4, 0.5) is 5.69 Å². The van der Waals surface area contributed by atoms with E-state index in [2.05, 4.69) is 25.6 Å². The average molecular weight is 432 g/mol. The van der Waals surface area contributed by atoms with Gasteiger partial charge < -0.3 is 5.32 Å². The predicted molar refractivity (Wildman–Crippen MR) is 127 cm³/mol. The third-order valence-corrected chi connectivity index (χ3v) is 5.16. The lowest BCUT2D eigenvalue weighted by Gasteiger charge is -2.10. The Morgan fingerprint density at radius 3 is 2.24 bits per heavy atom. The highest BCUT2D eigenvalue weighted by Crippen LogP contribution is 2.30. The molecule has 0 aliphatic carbocycles. The van der Waals surface area contributed by atoms with Crippen molar-refractivity contribution < 1.29 is 4.79 Å². The van der Waals surface area contributed by atoms with E-state index >= 15 is 0 Å². The molecule has 1 amide bonds. The van der Waals surface area contributed by atoms with Crippen LogP contribution < -0.4 is 5.32 Å². The highest BCUT2D eigenvalue weighted by molar-refractivity contribution is 5.91. The first-order chi connectivity index (χ1) is 16.3. The van der Waals surface area contributed by atoms with Gasteiger partial charge in [-0.15, -0.1) is 5.10 Å². The van der Waals surface area contributed by atoms with Crippen LogP contribution in [0.5, 0.6) is 0 Å². The Morgan fingerprint density at radius 1 is 0.758 bits per heavy atom. The fourth-order valence-corrected chi connectivity index (χ4v) is 3.60. The van der Waals surface area contributed by atoms with Gasteiger partial charge in [0.2, 0.25) is 5.91 Å². The molecule has 3 heterocycles. The van der Waals surface area contributed by atoms with Gasteiger partial charge in [-0.2, -0.15) is 0 Å². The molecule has 3 aromatic heterocycles. The zero-order valence-electron chi connectivity index (χ0n) is 17.7. The Hall–Kier alpha value is -4.65. The van der Waals surface area contributed by atoms with E-state index in [1.165, 1.54) is 0 Å². The quantitative estimate of drug-likeness (QED) is 0.420. The van der Waals surface area contributed by atoms with Crippen molar-refractivity contribution in [1.29, 1.82) is 0 Å². The highest BCUT2D eigenvalue weighted by Gasteiger charge is 2.18. The molecule has 0 radical (unpaired) electrons. The molecular weight excluding hydrogens is 412 g/mol. The molecule has 160 valence electrons. The third kappa shape index (κ3) is 4.52. The Morgan fingerprint density at radius 2 is 1.52 bits per heavy atom. The summed E-state index contributed by atoms with van der Waals surface area (Å²) < 4.78 is 1.63. The summed E-state index contributed by atoms with van der Waals surface area (Å²) in [5.41, 5.74) is 5.88. The number of anilines is 1. The number of benzene rings is 2. The zero-order valence-corrected chi connectivity index (χ0v) is 17.7. The van der Waals surface area contributed by atoms with Crippen molar-refractivity contribution in [2.75, 3.05) is 5.32 Å². The number of hydrogen-bond donors (Lipinski definition) is 1. The first kappa shape index (κ1) is 20.3. The Kier molecular flexibility index (Phi) is 5.67. The first-order valence-corrected chi connectivity index (χ1v) is 10.5. The van der Waals surface area contributed by atoms with Crippen LogP contribution in [0.3, 0.4) is 0 Å². The minimum Gasteiger partial charge on any atom is -0.324 e. The molecule has 0 spiro atoms. The molecule has 1 N–H and O–H groups in total. The van der Waals surface area contributed by atoms with Gasteiger partial charge in [0, 0.05) is 41.0 Å². The van der Waals surface area contributed by atoms with Gasteiger partial charge in [-0.25, -0.2) is 4.68 Å². The molecule has 2 aromatic carbocycles. The van der Waals surface area contributed by atoms with Crippen molar-refractivity contribution >= 4 is 11.6 Å². The van der Waals surface area contributed by atoms with Gasteiger partial charge in [-0.1, -0.05) is 53.7 Å². The van der Waals surface area contributed by atoms with Gasteiger partial charge in [0.15, 0.2) is 0 Å². The number of carbonyl (C=O) groups is 1. The number of rotatable bonds is 6. The highest BCUT2D eigenvalue weighted by atomic mass is 16.2. The van der Waals surface area contributed by atoms with E-state index in [-0.39, 0.29) is 12.5 Å². The molecular formula is C26H20N6O. The van der Waals surface area contributed by atoms with Crippen LogP contribution in [0.15, 0.2) is 104 Å². The summed E-state index contributed by atoms with van der Waals surface area (Å²) in [5.74, 6) is -0.191. The summed E-state index contributed by atoms with van der Waals surface area (Å²) >= 11 is 0. The first-order valence-electron chi connectivity index (χ1n) is 10.5. The van der Waals surface area contributed by atoms with Gasteiger partial charge in [0.25, 0.3) is 0 Å². The van der Waals surface area contributed by atoms with E-state index in [0.29, 0.717) is 11.4 Å². The van der Waals surface area contributed by atoms with E-state index in [4.69, 9.17) is 0 Å². The molecule has 0 saturated heterocycles. The molecule has 0 atom stereocenters. The average Bonchev–Trinajstić information content (AvgIpc) is 3.29. The topological polar surface area (TPSA) is 85.6 Å². The van der Waals surface area contributed by atoms with Crippen LogP contribution in [0.25, 0.3) is 33.8 Å². The van der Waals surface area contributed by atoms with Crippen molar-refractivity contribution in [2.24, 2.45) is 0 Å². The molecule has 5 rings (SSSR count). The maximum atomic E-state index is 12.8. The lowest BCUT2D eigenvalue weighted by atomic mass is 10.1. The Labute approximate surface area is 190 Å². The third-order valence-electron chi connectivity index (χ3n) is 5.16. The fraction of sp³-hybridized carbons (Fsp3) is 0.0385. The van der Waals surface area contributed by atoms with E-state index in [1.54, 1.807) is 23.3 Å². The van der Waals surface area contributed by atoms with Gasteiger partial charge in [-0.3, -0.25) is 14.8 Å². The van der Waals surface area contributed by atoms with Crippen LogP contribution in [0, 0.1) is 0 Å². The number of nitrogens with zero attached hydrogens (tertiary/aromatic N) is 5. The number of pyridine rings is 2. The summed E-state index contributed by atoms with van der Waals surface area (Å²) in [6.45, 7) is 0.0320. The smallest absolute Gasteiger partial charge is 0.246 e. The number of aromatic nitrogens is 5. The van der Waals surface area contributed by atoms with Crippen LogP contribution in [0.2, 0.25) is 0 Å². The molecule has 0 bridgehead atoms. The van der Waals surface area contributed by atoms with E-state index in [1.807, 2.05) is 84.9 Å². The lowest BCUT2D eigenvalue weighted by molar-refractivity contribution is -0.116. The summed E-state index contributed by atoms with van der Waals surface area (Å²) in [7, 11) is 0. The summed E-state index contributed by atoms with van der Waals surface area (Å²) in [4.78, 5) is 21.3. The second-order valence-electron chi connectivity index (χ2n) is 7.39. The van der Waals surface area contributed by atoms with Crippen molar-refractivity contribution in [1.82, 2.24) is 25.0 Å². The van der Waals surface area contributed by atoms with Crippen LogP contribution in [0.1, 0.15) is 0 Å². The standard InChI is InChI=1S/C26H20N6O/c33-24(29-22-11-9-19(10-12-22)23-8-4-5-15-28-23)18-32-26(21-6-2-1-3-7-21)25(30-31-32)20-13-16-27-17-14-20/h1-17H,18H2,(H,29,33). The van der Waals surface area contributed by atoms with Crippen LogP contribution >= 0.6 is 0 Å². The lowest BCUT2D eigenvalue weighted by Crippen LogP contribution is -2.20. The normalized spacial score (nSPS) is 10.7. The number of nitrogens with one attached hydrogen (secondary N) is 1. The van der Waals surface area contributed by atoms with Crippen molar-refractivity contribution in [2.45, 2.75) is 6.54 Å². The molecule has 0 aliphatic heterocycles. The molecule has 7 nitrogen and oxygen atoms in total. The maximum Gasteiger partial charge on any atom is 0.246 e. The minimum atomic E-state index is -0.191. The molecule has 0 aliphatic rings. The molecule has 5 aromatic rings. The molecule has 0 unspecified atom stereocenters. The molecule has 7 heteroatoms. The van der Waals surface area contributed by atoms with Gasteiger partial charge in [-0.05, 0) is 36.4 Å². The summed E-state index contributed by atoms with van der Waals surface area (Å²) in [5, 5.41) is 11.6. The summed E-state index contributed by atoms with van der Waals surface area (Å²) in [6, 6.07) is 26.9. The second-order valence-corrected chi connectivity index (χ2v) is 7.39. The van der Waals surface area contributed by atoms with Crippen molar-refractivity contribution in [3.05, 3.63) is 104 Å². The number of carbonyl (C=O) groups excluding carboxylic acids is 1. The van der Waals surface area contributed by atoms with Crippen molar-refractivity contribution in [3.8, 4) is 33.8 Å². The number of hydrogen-bond acceptors (Lipinski definition) is 5. The van der Waals surface area contributed by atoms with E-state index in [9.17, 15) is 4.79 Å². The Balaban J connectivity index is 1.38. The largest absolute Gasteiger partial charge is 0.324 e. The predicted octanol–water partition coefficient (Wildman–Crippen LogP) is 4.71. The van der Waals surface area contributed by atoms with E-state index in [0.717, 1.165) is 28.1 Å². The van der Waals surface area contributed by atoms with Gasteiger partial charge in [0.05, 0.1) is 11.4 Å². The van der Waals surface area contributed by atoms with E-state index < -0.39 is 0 Å². The SMILES string of the molecule is O=C(Cn1nnc(-c2ccncc2)c1-c1ccccc1)Nc1ccc(-c2ccccn2)cc1. The summed E-state index contributed by atoms with van der Waals surface area (Å²) in [6.07, 6.45) is 5.18.